The molecule has 0 aliphatic heterocycles. The summed E-state index contributed by atoms with van der Waals surface area (Å²) >= 11 is 5.59. The molecule has 0 saturated carbocycles. The summed E-state index contributed by atoms with van der Waals surface area (Å²) < 4.78 is 1.44. The molecular formula is C9H7ClN4O. The Balaban J connectivity index is 2.26. The molecule has 2 rings (SSSR count). The Labute approximate surface area is 90.4 Å². The van der Waals surface area contributed by atoms with E-state index in [2.05, 4.69) is 15.2 Å². The van der Waals surface area contributed by atoms with Crippen molar-refractivity contribution < 1.29 is 0 Å². The first-order chi connectivity index (χ1) is 7.25. The standard InChI is InChI=1S/C9H7ClN4O/c10-8-2-1-7(12-13-8)5-14-6-11-4-3-9(14)15/h1-4,6H,5H2. The van der Waals surface area contributed by atoms with Gasteiger partial charge in [0.05, 0.1) is 18.6 Å². The van der Waals surface area contributed by atoms with E-state index in [1.807, 2.05) is 0 Å². The lowest BCUT2D eigenvalue weighted by molar-refractivity contribution is 0.705. The molecule has 0 bridgehead atoms. The van der Waals surface area contributed by atoms with E-state index < -0.39 is 0 Å². The van der Waals surface area contributed by atoms with Crippen molar-refractivity contribution in [2.75, 3.05) is 0 Å². The quantitative estimate of drug-likeness (QED) is 0.752. The van der Waals surface area contributed by atoms with E-state index in [1.165, 1.54) is 23.2 Å². The van der Waals surface area contributed by atoms with Gasteiger partial charge in [0.25, 0.3) is 5.56 Å². The average molecular weight is 223 g/mol. The molecule has 0 fully saturated rings. The molecule has 0 saturated heterocycles. The third kappa shape index (κ3) is 2.38. The van der Waals surface area contributed by atoms with Crippen molar-refractivity contribution in [1.82, 2.24) is 19.7 Å². The maximum Gasteiger partial charge on any atom is 0.253 e. The molecule has 0 atom stereocenters. The molecule has 0 aliphatic carbocycles. The van der Waals surface area contributed by atoms with Crippen LogP contribution in [0.2, 0.25) is 5.15 Å². The summed E-state index contributed by atoms with van der Waals surface area (Å²) in [5.74, 6) is 0. The lowest BCUT2D eigenvalue weighted by atomic mass is 10.4. The zero-order chi connectivity index (χ0) is 10.7. The molecule has 2 heterocycles. The van der Waals surface area contributed by atoms with Crippen molar-refractivity contribution in [3.05, 3.63) is 51.9 Å². The highest BCUT2D eigenvalue weighted by Crippen LogP contribution is 2.02. The highest BCUT2D eigenvalue weighted by molar-refractivity contribution is 6.29. The molecule has 0 spiro atoms. The fourth-order valence-electron chi connectivity index (χ4n) is 1.10. The molecule has 76 valence electrons. The van der Waals surface area contributed by atoms with Crippen LogP contribution in [0.15, 0.2) is 35.5 Å². The Kier molecular flexibility index (Phi) is 2.73. The van der Waals surface area contributed by atoms with E-state index in [-0.39, 0.29) is 5.56 Å². The molecule has 2 aromatic rings. The molecule has 15 heavy (non-hydrogen) atoms. The molecule has 0 aromatic carbocycles. The average Bonchev–Trinajstić information content (AvgIpc) is 2.25. The Hall–Kier alpha value is -1.75. The molecule has 0 aliphatic rings. The van der Waals surface area contributed by atoms with Crippen LogP contribution in [0.4, 0.5) is 0 Å². The molecule has 5 nitrogen and oxygen atoms in total. The fourth-order valence-corrected chi connectivity index (χ4v) is 1.20. The second-order valence-electron chi connectivity index (χ2n) is 2.89. The molecule has 2 aromatic heterocycles. The van der Waals surface area contributed by atoms with Gasteiger partial charge in [-0.25, -0.2) is 4.98 Å². The predicted octanol–water partition coefficient (Wildman–Crippen LogP) is 0.735. The number of hydrogen-bond donors (Lipinski definition) is 0. The number of hydrogen-bond acceptors (Lipinski definition) is 4. The Bertz CT molecular complexity index is 508. The minimum atomic E-state index is -0.123. The van der Waals surface area contributed by atoms with Crippen molar-refractivity contribution in [3.8, 4) is 0 Å². The summed E-state index contributed by atoms with van der Waals surface area (Å²) in [6.45, 7) is 0.344. The van der Waals surface area contributed by atoms with Gasteiger partial charge in [0, 0.05) is 12.3 Å². The number of halogens is 1. The molecule has 6 heteroatoms. The highest BCUT2D eigenvalue weighted by atomic mass is 35.5. The molecule has 0 N–H and O–H groups in total. The van der Waals surface area contributed by atoms with Gasteiger partial charge in [0.15, 0.2) is 5.15 Å². The minimum absolute atomic E-state index is 0.123. The van der Waals surface area contributed by atoms with E-state index in [0.717, 1.165) is 0 Å². The number of nitrogens with zero attached hydrogens (tertiary/aromatic N) is 4. The summed E-state index contributed by atoms with van der Waals surface area (Å²) in [4.78, 5) is 15.2. The van der Waals surface area contributed by atoms with Gasteiger partial charge in [-0.05, 0) is 12.1 Å². The molecule has 0 radical (unpaired) electrons. The van der Waals surface area contributed by atoms with Crippen molar-refractivity contribution >= 4 is 11.6 Å². The first kappa shape index (κ1) is 9.79. The van der Waals surface area contributed by atoms with Crippen LogP contribution in [0.1, 0.15) is 5.69 Å². The Morgan fingerprint density at radius 2 is 2.13 bits per heavy atom. The van der Waals surface area contributed by atoms with Crippen LogP contribution in [-0.2, 0) is 6.54 Å². The Morgan fingerprint density at radius 1 is 1.27 bits per heavy atom. The van der Waals surface area contributed by atoms with E-state index in [4.69, 9.17) is 11.6 Å². The minimum Gasteiger partial charge on any atom is -0.293 e. The summed E-state index contributed by atoms with van der Waals surface area (Å²) in [7, 11) is 0. The van der Waals surface area contributed by atoms with Crippen LogP contribution in [0.3, 0.4) is 0 Å². The number of aromatic nitrogens is 4. The van der Waals surface area contributed by atoms with Crippen molar-refractivity contribution in [3.63, 3.8) is 0 Å². The zero-order valence-electron chi connectivity index (χ0n) is 7.67. The van der Waals surface area contributed by atoms with E-state index in [1.54, 1.807) is 12.1 Å². The van der Waals surface area contributed by atoms with Crippen molar-refractivity contribution in [2.24, 2.45) is 0 Å². The summed E-state index contributed by atoms with van der Waals surface area (Å²) in [5, 5.41) is 7.86. The van der Waals surface area contributed by atoms with Crippen LogP contribution in [0.25, 0.3) is 0 Å². The van der Waals surface area contributed by atoms with Gasteiger partial charge < -0.3 is 0 Å². The lowest BCUT2D eigenvalue weighted by Gasteiger charge is -2.02. The van der Waals surface area contributed by atoms with Crippen molar-refractivity contribution in [2.45, 2.75) is 6.54 Å². The maximum atomic E-state index is 11.3. The zero-order valence-corrected chi connectivity index (χ0v) is 8.42. The van der Waals surface area contributed by atoms with Gasteiger partial charge in [0.1, 0.15) is 0 Å². The fraction of sp³-hybridized carbons (Fsp3) is 0.111. The van der Waals surface area contributed by atoms with Gasteiger partial charge >= 0.3 is 0 Å². The van der Waals surface area contributed by atoms with Gasteiger partial charge in [-0.3, -0.25) is 9.36 Å². The van der Waals surface area contributed by atoms with E-state index in [0.29, 0.717) is 17.4 Å². The SMILES string of the molecule is O=c1ccncn1Cc1ccc(Cl)nn1. The van der Waals surface area contributed by atoms with Crippen LogP contribution >= 0.6 is 11.6 Å². The number of rotatable bonds is 2. The lowest BCUT2D eigenvalue weighted by Crippen LogP contribution is -2.19. The van der Waals surface area contributed by atoms with Gasteiger partial charge in [-0.1, -0.05) is 11.6 Å². The first-order valence-corrected chi connectivity index (χ1v) is 4.62. The second kappa shape index (κ2) is 4.18. The monoisotopic (exact) mass is 222 g/mol. The van der Waals surface area contributed by atoms with Crippen molar-refractivity contribution in [1.29, 1.82) is 0 Å². The molecule has 0 unspecified atom stereocenters. The van der Waals surface area contributed by atoms with E-state index in [9.17, 15) is 4.79 Å². The summed E-state index contributed by atoms with van der Waals surface area (Å²) in [6.07, 6.45) is 2.91. The smallest absolute Gasteiger partial charge is 0.253 e. The topological polar surface area (TPSA) is 60.7 Å². The van der Waals surface area contributed by atoms with Gasteiger partial charge in [0.2, 0.25) is 0 Å². The normalized spacial score (nSPS) is 10.2. The first-order valence-electron chi connectivity index (χ1n) is 4.24. The van der Waals surface area contributed by atoms with Gasteiger partial charge in [-0.2, -0.15) is 5.10 Å². The third-order valence-corrected chi connectivity index (χ3v) is 2.01. The Morgan fingerprint density at radius 3 is 2.80 bits per heavy atom. The van der Waals surface area contributed by atoms with E-state index >= 15 is 0 Å². The third-order valence-electron chi connectivity index (χ3n) is 1.81. The molecular weight excluding hydrogens is 216 g/mol. The highest BCUT2D eigenvalue weighted by Gasteiger charge is 1.99. The second-order valence-corrected chi connectivity index (χ2v) is 3.28. The van der Waals surface area contributed by atoms with Gasteiger partial charge in [-0.15, -0.1) is 5.10 Å². The summed E-state index contributed by atoms with van der Waals surface area (Å²) in [6, 6.07) is 4.74. The maximum absolute atomic E-state index is 11.3. The van der Waals surface area contributed by atoms with Crippen LogP contribution in [0, 0.1) is 0 Å². The van der Waals surface area contributed by atoms with Crippen LogP contribution < -0.4 is 5.56 Å². The van der Waals surface area contributed by atoms with Crippen LogP contribution in [-0.4, -0.2) is 19.7 Å². The molecule has 0 amide bonds. The largest absolute Gasteiger partial charge is 0.293 e. The predicted molar refractivity (Wildman–Crippen MR) is 54.6 cm³/mol. The summed E-state index contributed by atoms with van der Waals surface area (Å²) in [5.41, 5.74) is 0.538. The van der Waals surface area contributed by atoms with Crippen LogP contribution in [0.5, 0.6) is 0 Å².